The van der Waals surface area contributed by atoms with Gasteiger partial charge in [0, 0.05) is 19.3 Å². The molecule has 0 saturated heterocycles. The summed E-state index contributed by atoms with van der Waals surface area (Å²) in [6.07, 6.45) is 50.0. The summed E-state index contributed by atoms with van der Waals surface area (Å²) in [6, 6.07) is 0. The standard InChI is InChI=1S/C49H88O6/c1-4-7-10-13-16-19-22-24-26-27-30-33-36-39-42-48(51)54-45-46(44-53-47(50)41-38-35-32-29-21-18-15-12-9-6-3)55-49(52)43-40-37-34-31-28-25-23-20-17-14-11-8-5-2/h15,18,25,28,34,37,46H,4-14,16-17,19-24,26-27,29-33,35-36,38-45H2,1-3H3/b18-15-,28-25-,37-34-. The highest BCUT2D eigenvalue weighted by atomic mass is 16.6. The van der Waals surface area contributed by atoms with Crippen LogP contribution in [0.3, 0.4) is 0 Å². The maximum atomic E-state index is 12.7. The molecule has 0 amide bonds. The van der Waals surface area contributed by atoms with Gasteiger partial charge in [-0.1, -0.05) is 198 Å². The van der Waals surface area contributed by atoms with Gasteiger partial charge in [0.2, 0.25) is 0 Å². The molecule has 6 nitrogen and oxygen atoms in total. The molecule has 6 heteroatoms. The zero-order chi connectivity index (χ0) is 40.1. The molecule has 0 aromatic heterocycles. The molecule has 0 heterocycles. The molecular weight excluding hydrogens is 685 g/mol. The first kappa shape index (κ1) is 52.6. The van der Waals surface area contributed by atoms with E-state index in [0.29, 0.717) is 19.3 Å². The van der Waals surface area contributed by atoms with Crippen LogP contribution in [0.1, 0.15) is 239 Å². The second-order valence-electron chi connectivity index (χ2n) is 15.7. The van der Waals surface area contributed by atoms with Gasteiger partial charge in [0.25, 0.3) is 0 Å². The van der Waals surface area contributed by atoms with Crippen LogP contribution in [0.5, 0.6) is 0 Å². The first-order chi connectivity index (χ1) is 27.0. The van der Waals surface area contributed by atoms with Crippen molar-refractivity contribution in [3.8, 4) is 0 Å². The fraction of sp³-hybridized carbons (Fsp3) is 0.816. The van der Waals surface area contributed by atoms with Gasteiger partial charge in [0.15, 0.2) is 6.10 Å². The van der Waals surface area contributed by atoms with Crippen molar-refractivity contribution in [1.82, 2.24) is 0 Å². The van der Waals surface area contributed by atoms with E-state index >= 15 is 0 Å². The molecule has 0 aromatic carbocycles. The maximum absolute atomic E-state index is 12.7. The third-order valence-corrected chi connectivity index (χ3v) is 10.1. The monoisotopic (exact) mass is 773 g/mol. The highest BCUT2D eigenvalue weighted by Gasteiger charge is 2.19. The van der Waals surface area contributed by atoms with Crippen molar-refractivity contribution in [2.45, 2.75) is 245 Å². The summed E-state index contributed by atoms with van der Waals surface area (Å²) in [4.78, 5) is 37.7. The summed E-state index contributed by atoms with van der Waals surface area (Å²) in [7, 11) is 0. The van der Waals surface area contributed by atoms with Gasteiger partial charge >= 0.3 is 17.9 Å². The van der Waals surface area contributed by atoms with Crippen molar-refractivity contribution < 1.29 is 28.6 Å². The van der Waals surface area contributed by atoms with Crippen LogP contribution in [0.25, 0.3) is 0 Å². The summed E-state index contributed by atoms with van der Waals surface area (Å²) in [6.45, 7) is 6.53. The average Bonchev–Trinajstić information content (AvgIpc) is 3.18. The molecule has 0 aliphatic rings. The lowest BCUT2D eigenvalue weighted by Gasteiger charge is -2.18. The zero-order valence-corrected chi connectivity index (χ0v) is 36.4. The molecule has 320 valence electrons. The van der Waals surface area contributed by atoms with Crippen LogP contribution in [0.2, 0.25) is 0 Å². The number of ether oxygens (including phenoxy) is 3. The SMILES string of the molecule is CCCC/C=C\CCCCCCC(=O)OCC(COC(=O)CCCCCCCCCCCCCCCC)OC(=O)CC/C=C\C/C=C\CCCCCCCC. The molecule has 1 unspecified atom stereocenters. The Balaban J connectivity index is 4.42. The Bertz CT molecular complexity index is 938. The van der Waals surface area contributed by atoms with E-state index in [0.717, 1.165) is 70.6 Å². The minimum Gasteiger partial charge on any atom is -0.462 e. The van der Waals surface area contributed by atoms with Gasteiger partial charge in [-0.15, -0.1) is 0 Å². The Hall–Kier alpha value is -2.37. The van der Waals surface area contributed by atoms with Gasteiger partial charge in [-0.05, 0) is 57.8 Å². The number of rotatable bonds is 42. The van der Waals surface area contributed by atoms with Gasteiger partial charge in [0.05, 0.1) is 0 Å². The van der Waals surface area contributed by atoms with Crippen LogP contribution >= 0.6 is 0 Å². The van der Waals surface area contributed by atoms with Crippen LogP contribution in [-0.4, -0.2) is 37.2 Å². The third-order valence-electron chi connectivity index (χ3n) is 10.1. The quantitative estimate of drug-likeness (QED) is 0.0266. The van der Waals surface area contributed by atoms with E-state index in [1.807, 2.05) is 6.08 Å². The Labute approximate surface area is 340 Å². The van der Waals surface area contributed by atoms with Crippen LogP contribution in [0.4, 0.5) is 0 Å². The second-order valence-corrected chi connectivity index (χ2v) is 15.7. The normalized spacial score (nSPS) is 12.3. The predicted molar refractivity (Wildman–Crippen MR) is 233 cm³/mol. The van der Waals surface area contributed by atoms with E-state index in [-0.39, 0.29) is 37.5 Å². The molecule has 0 aliphatic heterocycles. The summed E-state index contributed by atoms with van der Waals surface area (Å²) in [5.74, 6) is -0.975. The van der Waals surface area contributed by atoms with Gasteiger partial charge in [-0.25, -0.2) is 0 Å². The number of allylic oxidation sites excluding steroid dienone is 6. The summed E-state index contributed by atoms with van der Waals surface area (Å²) in [5.41, 5.74) is 0. The summed E-state index contributed by atoms with van der Waals surface area (Å²) in [5, 5.41) is 0. The average molecular weight is 773 g/mol. The fourth-order valence-corrected chi connectivity index (χ4v) is 6.53. The summed E-state index contributed by atoms with van der Waals surface area (Å²) >= 11 is 0. The molecule has 0 aromatic rings. The minimum absolute atomic E-state index is 0.0958. The van der Waals surface area contributed by atoms with E-state index < -0.39 is 6.10 Å². The Kier molecular flexibility index (Phi) is 42.4. The minimum atomic E-state index is -0.801. The van der Waals surface area contributed by atoms with E-state index in [2.05, 4.69) is 51.2 Å². The van der Waals surface area contributed by atoms with Gasteiger partial charge in [-0.2, -0.15) is 0 Å². The van der Waals surface area contributed by atoms with E-state index in [1.54, 1.807) is 0 Å². The highest BCUT2D eigenvalue weighted by Crippen LogP contribution is 2.14. The van der Waals surface area contributed by atoms with E-state index in [4.69, 9.17) is 14.2 Å². The van der Waals surface area contributed by atoms with Crippen LogP contribution in [-0.2, 0) is 28.6 Å². The Morgan fingerprint density at radius 1 is 0.364 bits per heavy atom. The third kappa shape index (κ3) is 42.6. The molecule has 0 fully saturated rings. The second kappa shape index (κ2) is 44.3. The van der Waals surface area contributed by atoms with Crippen molar-refractivity contribution in [2.75, 3.05) is 13.2 Å². The molecule has 0 bridgehead atoms. The Morgan fingerprint density at radius 3 is 1.15 bits per heavy atom. The molecule has 0 radical (unpaired) electrons. The number of esters is 3. The maximum Gasteiger partial charge on any atom is 0.306 e. The van der Waals surface area contributed by atoms with Gasteiger partial charge in [-0.3, -0.25) is 14.4 Å². The molecule has 0 spiro atoms. The predicted octanol–water partition coefficient (Wildman–Crippen LogP) is 15.0. The van der Waals surface area contributed by atoms with Gasteiger partial charge < -0.3 is 14.2 Å². The number of carbonyl (C=O) groups is 3. The zero-order valence-electron chi connectivity index (χ0n) is 36.4. The van der Waals surface area contributed by atoms with Crippen molar-refractivity contribution >= 4 is 17.9 Å². The topological polar surface area (TPSA) is 78.9 Å². The van der Waals surface area contributed by atoms with Crippen molar-refractivity contribution in [3.05, 3.63) is 36.5 Å². The molecule has 0 rings (SSSR count). The van der Waals surface area contributed by atoms with Crippen LogP contribution in [0.15, 0.2) is 36.5 Å². The first-order valence-electron chi connectivity index (χ1n) is 23.5. The van der Waals surface area contributed by atoms with Crippen LogP contribution < -0.4 is 0 Å². The van der Waals surface area contributed by atoms with Crippen LogP contribution in [0, 0.1) is 0 Å². The molecule has 0 aliphatic carbocycles. The van der Waals surface area contributed by atoms with Crippen molar-refractivity contribution in [2.24, 2.45) is 0 Å². The Morgan fingerprint density at radius 2 is 0.709 bits per heavy atom. The first-order valence-corrected chi connectivity index (χ1v) is 23.5. The van der Waals surface area contributed by atoms with Crippen molar-refractivity contribution in [1.29, 1.82) is 0 Å². The number of hydrogen-bond donors (Lipinski definition) is 0. The summed E-state index contributed by atoms with van der Waals surface area (Å²) < 4.78 is 16.6. The lowest BCUT2D eigenvalue weighted by Crippen LogP contribution is -2.30. The number of carbonyl (C=O) groups excluding carboxylic acids is 3. The lowest BCUT2D eigenvalue weighted by molar-refractivity contribution is -0.166. The highest BCUT2D eigenvalue weighted by molar-refractivity contribution is 5.71. The molecule has 0 N–H and O–H groups in total. The van der Waals surface area contributed by atoms with E-state index in [9.17, 15) is 14.4 Å². The number of unbranched alkanes of at least 4 members (excludes halogenated alkanes) is 25. The smallest absolute Gasteiger partial charge is 0.306 e. The fourth-order valence-electron chi connectivity index (χ4n) is 6.53. The molecule has 1 atom stereocenters. The van der Waals surface area contributed by atoms with Crippen molar-refractivity contribution in [3.63, 3.8) is 0 Å². The molecular formula is C49H88O6. The van der Waals surface area contributed by atoms with E-state index in [1.165, 1.54) is 122 Å². The molecule has 55 heavy (non-hydrogen) atoms. The largest absolute Gasteiger partial charge is 0.462 e. The lowest BCUT2D eigenvalue weighted by atomic mass is 10.0. The molecule has 0 saturated carbocycles. The van der Waals surface area contributed by atoms with Gasteiger partial charge in [0.1, 0.15) is 13.2 Å². The number of hydrogen-bond acceptors (Lipinski definition) is 6.